The van der Waals surface area contributed by atoms with E-state index >= 15 is 0 Å². The zero-order chi connectivity index (χ0) is 15.4. The fraction of sp³-hybridized carbons (Fsp3) is 0.438. The molecule has 3 nitrogen and oxygen atoms in total. The molecule has 0 unspecified atom stereocenters. The highest BCUT2D eigenvalue weighted by Crippen LogP contribution is 2.33. The van der Waals surface area contributed by atoms with Gasteiger partial charge in [-0.05, 0) is 31.5 Å². The average Bonchev–Trinajstić information content (AvgIpc) is 2.67. The molecule has 21 heavy (non-hydrogen) atoms. The van der Waals surface area contributed by atoms with Crippen LogP contribution in [-0.4, -0.2) is 16.3 Å². The fourth-order valence-corrected chi connectivity index (χ4v) is 3.17. The summed E-state index contributed by atoms with van der Waals surface area (Å²) in [6.07, 6.45) is 0. The van der Waals surface area contributed by atoms with Crippen molar-refractivity contribution in [2.24, 2.45) is 13.0 Å². The maximum absolute atomic E-state index is 13.8. The maximum atomic E-state index is 13.8. The van der Waals surface area contributed by atoms with E-state index in [2.05, 4.69) is 24.3 Å². The van der Waals surface area contributed by atoms with Crippen LogP contribution in [0.1, 0.15) is 25.1 Å². The van der Waals surface area contributed by atoms with E-state index in [1.165, 1.54) is 17.8 Å². The summed E-state index contributed by atoms with van der Waals surface area (Å²) in [7, 11) is 1.90. The lowest BCUT2D eigenvalue weighted by Gasteiger charge is -2.10. The van der Waals surface area contributed by atoms with Gasteiger partial charge < -0.3 is 5.32 Å². The van der Waals surface area contributed by atoms with Crippen LogP contribution in [0.3, 0.4) is 0 Å². The molecule has 0 amide bonds. The summed E-state index contributed by atoms with van der Waals surface area (Å²) in [5.74, 6) is 0.409. The number of nitrogens with zero attached hydrogens (tertiary/aromatic N) is 2. The van der Waals surface area contributed by atoms with E-state index in [0.29, 0.717) is 10.8 Å². The Hall–Kier alpha value is -1.33. The van der Waals surface area contributed by atoms with Gasteiger partial charge in [0, 0.05) is 24.1 Å². The first kappa shape index (κ1) is 16.0. The second-order valence-corrected chi connectivity index (χ2v) is 6.58. The number of aryl methyl sites for hydroxylation is 2. The maximum Gasteiger partial charge on any atom is 0.137 e. The van der Waals surface area contributed by atoms with Crippen molar-refractivity contribution in [3.63, 3.8) is 0 Å². The van der Waals surface area contributed by atoms with Gasteiger partial charge in [0.25, 0.3) is 0 Å². The molecule has 0 saturated heterocycles. The van der Waals surface area contributed by atoms with Gasteiger partial charge in [0.2, 0.25) is 0 Å². The third-order valence-corrected chi connectivity index (χ3v) is 4.44. The number of benzene rings is 1. The van der Waals surface area contributed by atoms with Crippen molar-refractivity contribution in [1.82, 2.24) is 15.1 Å². The van der Waals surface area contributed by atoms with E-state index in [9.17, 15) is 4.39 Å². The Morgan fingerprint density at radius 1 is 1.33 bits per heavy atom. The van der Waals surface area contributed by atoms with Gasteiger partial charge in [-0.1, -0.05) is 37.7 Å². The third-order valence-electron chi connectivity index (χ3n) is 3.19. The summed E-state index contributed by atoms with van der Waals surface area (Å²) in [5.41, 5.74) is 2.14. The summed E-state index contributed by atoms with van der Waals surface area (Å²) >= 11 is 1.43. The minimum Gasteiger partial charge on any atom is -0.312 e. The van der Waals surface area contributed by atoms with Crippen molar-refractivity contribution in [1.29, 1.82) is 0 Å². The molecule has 0 bridgehead atoms. The second-order valence-electron chi connectivity index (χ2n) is 5.55. The highest BCUT2D eigenvalue weighted by molar-refractivity contribution is 7.99. The molecule has 0 radical (unpaired) electrons. The first-order chi connectivity index (χ1) is 9.99. The van der Waals surface area contributed by atoms with E-state index in [1.807, 2.05) is 24.7 Å². The van der Waals surface area contributed by atoms with E-state index in [-0.39, 0.29) is 5.82 Å². The number of rotatable bonds is 6. The Bertz CT molecular complexity index is 608. The zero-order valence-electron chi connectivity index (χ0n) is 13.0. The molecule has 1 aromatic heterocycles. The standard InChI is InChI=1S/C16H22FN3S/c1-11(2)9-18-10-13-12(3)19-20(4)16(13)21-15-8-6-5-7-14(15)17/h5-8,11,18H,9-10H2,1-4H3. The van der Waals surface area contributed by atoms with E-state index in [0.717, 1.165) is 29.4 Å². The van der Waals surface area contributed by atoms with Crippen LogP contribution in [0.5, 0.6) is 0 Å². The molecule has 1 aromatic carbocycles. The van der Waals surface area contributed by atoms with Crippen LogP contribution in [0.4, 0.5) is 4.39 Å². The van der Waals surface area contributed by atoms with Crippen molar-refractivity contribution in [3.8, 4) is 0 Å². The topological polar surface area (TPSA) is 29.9 Å². The van der Waals surface area contributed by atoms with Crippen LogP contribution in [0.25, 0.3) is 0 Å². The average molecular weight is 307 g/mol. The minimum absolute atomic E-state index is 0.192. The van der Waals surface area contributed by atoms with Crippen LogP contribution < -0.4 is 5.32 Å². The summed E-state index contributed by atoms with van der Waals surface area (Å²) in [6, 6.07) is 6.85. The minimum atomic E-state index is -0.192. The lowest BCUT2D eigenvalue weighted by Crippen LogP contribution is -2.19. The molecule has 0 spiro atoms. The summed E-state index contributed by atoms with van der Waals surface area (Å²) < 4.78 is 15.7. The molecule has 2 rings (SSSR count). The SMILES string of the molecule is Cc1nn(C)c(Sc2ccccc2F)c1CNCC(C)C. The Labute approximate surface area is 129 Å². The molecule has 1 heterocycles. The Kier molecular flexibility index (Phi) is 5.42. The molecule has 0 aliphatic carbocycles. The second kappa shape index (κ2) is 7.09. The first-order valence-electron chi connectivity index (χ1n) is 7.14. The van der Waals surface area contributed by atoms with Crippen molar-refractivity contribution >= 4 is 11.8 Å². The van der Waals surface area contributed by atoms with Crippen molar-refractivity contribution in [2.75, 3.05) is 6.54 Å². The highest BCUT2D eigenvalue weighted by atomic mass is 32.2. The normalized spacial score (nSPS) is 11.3. The van der Waals surface area contributed by atoms with Crippen LogP contribution in [0, 0.1) is 18.7 Å². The van der Waals surface area contributed by atoms with Crippen molar-refractivity contribution < 1.29 is 4.39 Å². The van der Waals surface area contributed by atoms with Gasteiger partial charge in [-0.25, -0.2) is 4.39 Å². The molecule has 5 heteroatoms. The molecule has 114 valence electrons. The van der Waals surface area contributed by atoms with Crippen LogP contribution in [0.15, 0.2) is 34.2 Å². The number of aromatic nitrogens is 2. The molecule has 0 saturated carbocycles. The fourth-order valence-electron chi connectivity index (χ4n) is 2.13. The lowest BCUT2D eigenvalue weighted by molar-refractivity contribution is 0.547. The molecule has 0 atom stereocenters. The van der Waals surface area contributed by atoms with Crippen molar-refractivity contribution in [3.05, 3.63) is 41.3 Å². The smallest absolute Gasteiger partial charge is 0.137 e. The van der Waals surface area contributed by atoms with Crippen LogP contribution >= 0.6 is 11.8 Å². The van der Waals surface area contributed by atoms with Gasteiger partial charge in [-0.2, -0.15) is 5.10 Å². The molecule has 0 aliphatic heterocycles. The molecule has 1 N–H and O–H groups in total. The number of halogens is 1. The monoisotopic (exact) mass is 307 g/mol. The predicted molar refractivity (Wildman–Crippen MR) is 85.0 cm³/mol. The molecule has 0 fully saturated rings. The summed E-state index contributed by atoms with van der Waals surface area (Å²) in [6.45, 7) is 8.07. The molecule has 0 aliphatic rings. The molecular weight excluding hydrogens is 285 g/mol. The van der Waals surface area contributed by atoms with Gasteiger partial charge in [0.15, 0.2) is 0 Å². The molecule has 2 aromatic rings. The van der Waals surface area contributed by atoms with Gasteiger partial charge in [0.1, 0.15) is 10.8 Å². The third kappa shape index (κ3) is 4.08. The largest absolute Gasteiger partial charge is 0.312 e. The van der Waals surface area contributed by atoms with E-state index in [4.69, 9.17) is 0 Å². The summed E-state index contributed by atoms with van der Waals surface area (Å²) in [5, 5.41) is 8.90. The van der Waals surface area contributed by atoms with Gasteiger partial charge in [0.05, 0.1) is 5.69 Å². The first-order valence-corrected chi connectivity index (χ1v) is 7.96. The predicted octanol–water partition coefficient (Wildman–Crippen LogP) is 3.76. The highest BCUT2D eigenvalue weighted by Gasteiger charge is 2.15. The van der Waals surface area contributed by atoms with Gasteiger partial charge >= 0.3 is 0 Å². The molecular formula is C16H22FN3S. The van der Waals surface area contributed by atoms with Crippen LogP contribution in [0.2, 0.25) is 0 Å². The van der Waals surface area contributed by atoms with E-state index in [1.54, 1.807) is 12.1 Å². The van der Waals surface area contributed by atoms with Crippen molar-refractivity contribution in [2.45, 2.75) is 37.2 Å². The van der Waals surface area contributed by atoms with Gasteiger partial charge in [-0.15, -0.1) is 0 Å². The quantitative estimate of drug-likeness (QED) is 0.881. The van der Waals surface area contributed by atoms with Crippen LogP contribution in [-0.2, 0) is 13.6 Å². The zero-order valence-corrected chi connectivity index (χ0v) is 13.8. The van der Waals surface area contributed by atoms with E-state index < -0.39 is 0 Å². The lowest BCUT2D eigenvalue weighted by atomic mass is 10.2. The summed E-state index contributed by atoms with van der Waals surface area (Å²) in [4.78, 5) is 0.630. The van der Waals surface area contributed by atoms with Gasteiger partial charge in [-0.3, -0.25) is 4.68 Å². The Morgan fingerprint density at radius 2 is 2.05 bits per heavy atom. The number of nitrogens with one attached hydrogen (secondary N) is 1. The number of hydrogen-bond acceptors (Lipinski definition) is 3. The Balaban J connectivity index is 2.20. The number of hydrogen-bond donors (Lipinski definition) is 1. The Morgan fingerprint density at radius 3 is 2.71 bits per heavy atom.